The molecule has 4 rings (SSSR count). The number of aromatic nitrogens is 4. The Kier molecular flexibility index (Phi) is 3.62. The van der Waals surface area contributed by atoms with Crippen molar-refractivity contribution in [1.29, 1.82) is 0 Å². The lowest BCUT2D eigenvalue weighted by atomic mass is 10.1. The van der Waals surface area contributed by atoms with Gasteiger partial charge in [0.2, 0.25) is 0 Å². The van der Waals surface area contributed by atoms with Crippen molar-refractivity contribution in [3.05, 3.63) is 35.2 Å². The Bertz CT molecular complexity index is 817. The van der Waals surface area contributed by atoms with Gasteiger partial charge in [0.05, 0.1) is 0 Å². The molecule has 3 aromatic rings. The van der Waals surface area contributed by atoms with E-state index in [-0.39, 0.29) is 0 Å². The molecular weight excluding hydrogens is 316 g/mol. The molecule has 1 aliphatic rings. The van der Waals surface area contributed by atoms with Gasteiger partial charge in [0.1, 0.15) is 5.82 Å². The molecule has 1 saturated heterocycles. The number of benzene rings is 1. The molecule has 3 heterocycles. The number of hydrogen-bond acceptors (Lipinski definition) is 3. The van der Waals surface area contributed by atoms with E-state index in [1.165, 1.54) is 17.9 Å². The third kappa shape index (κ3) is 2.52. The van der Waals surface area contributed by atoms with E-state index in [2.05, 4.69) is 19.7 Å². The number of H-pyrrole nitrogens is 1. The lowest BCUT2D eigenvalue weighted by Gasteiger charge is -2.10. The van der Waals surface area contributed by atoms with Crippen LogP contribution in [0.1, 0.15) is 12.2 Å². The fourth-order valence-corrected chi connectivity index (χ4v) is 4.48. The van der Waals surface area contributed by atoms with Crippen LogP contribution in [0.2, 0.25) is 5.02 Å². The lowest BCUT2D eigenvalue weighted by molar-refractivity contribution is 0.461. The first-order valence-electron chi connectivity index (χ1n) is 7.47. The molecule has 1 fully saturated rings. The van der Waals surface area contributed by atoms with Gasteiger partial charge in [-0.1, -0.05) is 17.7 Å². The molecule has 0 aliphatic carbocycles. The van der Waals surface area contributed by atoms with Crippen molar-refractivity contribution in [2.24, 2.45) is 5.92 Å². The second-order valence-electron chi connectivity index (χ2n) is 5.79. The van der Waals surface area contributed by atoms with Gasteiger partial charge in [-0.15, -0.1) is 0 Å². The van der Waals surface area contributed by atoms with E-state index in [0.717, 1.165) is 39.7 Å². The molecule has 1 aromatic carbocycles. The molecule has 1 aliphatic heterocycles. The molecule has 0 amide bonds. The molecule has 1 N–H and O–H groups in total. The Morgan fingerprint density at radius 1 is 1.45 bits per heavy atom. The topological polar surface area (TPSA) is 46.5 Å². The molecule has 0 spiro atoms. The molecule has 4 nitrogen and oxygen atoms in total. The van der Waals surface area contributed by atoms with E-state index in [9.17, 15) is 0 Å². The quantitative estimate of drug-likeness (QED) is 0.784. The van der Waals surface area contributed by atoms with Gasteiger partial charge in [0.25, 0.3) is 0 Å². The van der Waals surface area contributed by atoms with Crippen LogP contribution in [0, 0.1) is 12.8 Å². The fourth-order valence-electron chi connectivity index (χ4n) is 3.04. The van der Waals surface area contributed by atoms with Gasteiger partial charge >= 0.3 is 0 Å². The second kappa shape index (κ2) is 5.63. The Hall–Kier alpha value is -1.46. The standard InChI is InChI=1S/C16H17ClN4S/c1-10-19-16(21(20-10)8-11-4-5-22-9-11)14-7-18-15-6-12(17)2-3-13(14)15/h2-3,6-7,11,18H,4-5,8-9H2,1H3. The molecule has 1 unspecified atom stereocenters. The zero-order valence-corrected chi connectivity index (χ0v) is 13.9. The number of nitrogens with zero attached hydrogens (tertiary/aromatic N) is 3. The van der Waals surface area contributed by atoms with E-state index in [1.54, 1.807) is 0 Å². The third-order valence-corrected chi connectivity index (χ3v) is 5.58. The number of rotatable bonds is 3. The molecule has 2 aromatic heterocycles. The van der Waals surface area contributed by atoms with Gasteiger partial charge in [-0.3, -0.25) is 0 Å². The summed E-state index contributed by atoms with van der Waals surface area (Å²) in [5.41, 5.74) is 2.13. The Labute approximate surface area is 138 Å². The summed E-state index contributed by atoms with van der Waals surface area (Å²) in [6.45, 7) is 2.90. The second-order valence-corrected chi connectivity index (χ2v) is 7.37. The van der Waals surface area contributed by atoms with Gasteiger partial charge in [0, 0.05) is 34.2 Å². The van der Waals surface area contributed by atoms with Crippen molar-refractivity contribution >= 4 is 34.3 Å². The molecule has 0 radical (unpaired) electrons. The van der Waals surface area contributed by atoms with Crippen molar-refractivity contribution in [2.45, 2.75) is 19.9 Å². The van der Waals surface area contributed by atoms with Crippen LogP contribution in [-0.4, -0.2) is 31.3 Å². The average Bonchev–Trinajstić information content (AvgIpc) is 3.19. The van der Waals surface area contributed by atoms with Crippen molar-refractivity contribution in [3.63, 3.8) is 0 Å². The van der Waals surface area contributed by atoms with Crippen LogP contribution >= 0.6 is 23.4 Å². The monoisotopic (exact) mass is 332 g/mol. The van der Waals surface area contributed by atoms with Crippen LogP contribution in [0.25, 0.3) is 22.3 Å². The first-order valence-corrected chi connectivity index (χ1v) is 9.00. The van der Waals surface area contributed by atoms with Crippen LogP contribution in [0.15, 0.2) is 24.4 Å². The minimum Gasteiger partial charge on any atom is -0.360 e. The van der Waals surface area contributed by atoms with Gasteiger partial charge in [-0.2, -0.15) is 16.9 Å². The maximum absolute atomic E-state index is 6.07. The van der Waals surface area contributed by atoms with Crippen LogP contribution < -0.4 is 0 Å². The molecule has 22 heavy (non-hydrogen) atoms. The van der Waals surface area contributed by atoms with Crippen molar-refractivity contribution < 1.29 is 0 Å². The van der Waals surface area contributed by atoms with Crippen LogP contribution in [0.3, 0.4) is 0 Å². The van der Waals surface area contributed by atoms with Crippen LogP contribution in [0.4, 0.5) is 0 Å². The highest BCUT2D eigenvalue weighted by Gasteiger charge is 2.20. The largest absolute Gasteiger partial charge is 0.360 e. The molecule has 0 saturated carbocycles. The van der Waals surface area contributed by atoms with E-state index in [1.807, 2.05) is 43.1 Å². The molecule has 0 bridgehead atoms. The lowest BCUT2D eigenvalue weighted by Crippen LogP contribution is -2.12. The molecule has 6 heteroatoms. The van der Waals surface area contributed by atoms with Crippen molar-refractivity contribution in [2.75, 3.05) is 11.5 Å². The number of hydrogen-bond donors (Lipinski definition) is 1. The predicted octanol–water partition coefficient (Wildman–Crippen LogP) is 4.14. The Balaban J connectivity index is 1.77. The fraction of sp³-hybridized carbons (Fsp3) is 0.375. The van der Waals surface area contributed by atoms with E-state index >= 15 is 0 Å². The van der Waals surface area contributed by atoms with Crippen LogP contribution in [-0.2, 0) is 6.54 Å². The van der Waals surface area contributed by atoms with Gasteiger partial charge < -0.3 is 4.98 Å². The van der Waals surface area contributed by atoms with Gasteiger partial charge in [0.15, 0.2) is 5.82 Å². The van der Waals surface area contributed by atoms with Crippen molar-refractivity contribution in [3.8, 4) is 11.4 Å². The molecule has 1 atom stereocenters. The number of nitrogens with one attached hydrogen (secondary N) is 1. The highest BCUT2D eigenvalue weighted by Crippen LogP contribution is 2.31. The number of thioether (sulfide) groups is 1. The summed E-state index contributed by atoms with van der Waals surface area (Å²) in [6, 6.07) is 5.91. The third-order valence-electron chi connectivity index (χ3n) is 4.12. The van der Waals surface area contributed by atoms with Gasteiger partial charge in [-0.05, 0) is 42.9 Å². The SMILES string of the molecule is Cc1nc(-c2c[nH]c3cc(Cl)ccc23)n(CC2CCSC2)n1. The first-order chi connectivity index (χ1) is 10.7. The van der Waals surface area contributed by atoms with Gasteiger partial charge in [-0.25, -0.2) is 9.67 Å². The number of fused-ring (bicyclic) bond motifs is 1. The number of aromatic amines is 1. The Morgan fingerprint density at radius 2 is 2.36 bits per heavy atom. The minimum absolute atomic E-state index is 0.699. The minimum atomic E-state index is 0.699. The summed E-state index contributed by atoms with van der Waals surface area (Å²) < 4.78 is 2.07. The summed E-state index contributed by atoms with van der Waals surface area (Å²) in [5, 5.41) is 6.49. The maximum atomic E-state index is 6.07. The van der Waals surface area contributed by atoms with Crippen LogP contribution in [0.5, 0.6) is 0 Å². The maximum Gasteiger partial charge on any atom is 0.160 e. The summed E-state index contributed by atoms with van der Waals surface area (Å²) in [6.07, 6.45) is 3.27. The van der Waals surface area contributed by atoms with E-state index < -0.39 is 0 Å². The summed E-state index contributed by atoms with van der Waals surface area (Å²) >= 11 is 8.10. The summed E-state index contributed by atoms with van der Waals surface area (Å²) in [7, 11) is 0. The predicted molar refractivity (Wildman–Crippen MR) is 92.5 cm³/mol. The van der Waals surface area contributed by atoms with E-state index in [0.29, 0.717) is 5.92 Å². The van der Waals surface area contributed by atoms with E-state index in [4.69, 9.17) is 11.6 Å². The highest BCUT2D eigenvalue weighted by atomic mass is 35.5. The highest BCUT2D eigenvalue weighted by molar-refractivity contribution is 7.99. The average molecular weight is 333 g/mol. The summed E-state index contributed by atoms with van der Waals surface area (Å²) in [4.78, 5) is 7.95. The van der Waals surface area contributed by atoms with Crippen molar-refractivity contribution in [1.82, 2.24) is 19.7 Å². The first kappa shape index (κ1) is 14.2. The number of halogens is 1. The zero-order chi connectivity index (χ0) is 15.1. The zero-order valence-electron chi connectivity index (χ0n) is 12.3. The summed E-state index contributed by atoms with van der Waals surface area (Å²) in [5.74, 6) is 4.96. The Morgan fingerprint density at radius 3 is 3.18 bits per heavy atom. The molecule has 114 valence electrons. The normalized spacial score (nSPS) is 18.4. The molecular formula is C16H17ClN4S. The number of aryl methyl sites for hydroxylation is 1. The smallest absolute Gasteiger partial charge is 0.160 e.